The van der Waals surface area contributed by atoms with E-state index >= 15 is 0 Å². The van der Waals surface area contributed by atoms with E-state index < -0.39 is 17.0 Å². The molecule has 0 amide bonds. The number of nitro groups is 1. The van der Waals surface area contributed by atoms with Gasteiger partial charge in [-0.1, -0.05) is 0 Å². The molecule has 0 aromatic carbocycles. The zero-order valence-electron chi connectivity index (χ0n) is 10.6. The summed E-state index contributed by atoms with van der Waals surface area (Å²) in [5, 5.41) is 11.1. The Kier molecular flexibility index (Phi) is 4.50. The quantitative estimate of drug-likeness (QED) is 0.460. The van der Waals surface area contributed by atoms with E-state index in [0.717, 1.165) is 0 Å². The molecule has 0 saturated carbocycles. The van der Waals surface area contributed by atoms with Gasteiger partial charge in [0.2, 0.25) is 5.82 Å². The maximum Gasteiger partial charge on any atom is 0.336 e. The van der Waals surface area contributed by atoms with Gasteiger partial charge in [0.1, 0.15) is 0 Å². The van der Waals surface area contributed by atoms with Gasteiger partial charge in [-0.3, -0.25) is 10.1 Å². The number of pyridine rings is 1. The van der Waals surface area contributed by atoms with Crippen molar-refractivity contribution in [2.24, 2.45) is 0 Å². The number of ether oxygens (including phenoxy) is 2. The lowest BCUT2D eigenvalue weighted by Crippen LogP contribution is -2.47. The molecule has 1 aromatic rings. The zero-order chi connectivity index (χ0) is 14.7. The van der Waals surface area contributed by atoms with Crippen molar-refractivity contribution < 1.29 is 19.2 Å². The SMILES string of the molecule is COC(=O)C1CN(c2ncc(Br)cc2[N+](=O)[O-])CCO1. The molecule has 0 spiro atoms. The number of halogens is 1. The number of morpholine rings is 1. The number of carbonyl (C=O) groups excluding carboxylic acids is 1. The molecule has 0 aliphatic carbocycles. The maximum atomic E-state index is 11.5. The number of rotatable bonds is 3. The lowest BCUT2D eigenvalue weighted by Gasteiger charge is -2.31. The van der Waals surface area contributed by atoms with Gasteiger partial charge in [0.15, 0.2) is 6.10 Å². The highest BCUT2D eigenvalue weighted by atomic mass is 79.9. The number of hydrogen-bond donors (Lipinski definition) is 0. The second-order valence-corrected chi connectivity index (χ2v) is 5.00. The van der Waals surface area contributed by atoms with Gasteiger partial charge < -0.3 is 14.4 Å². The summed E-state index contributed by atoms with van der Waals surface area (Å²) in [4.78, 5) is 27.8. The van der Waals surface area contributed by atoms with Gasteiger partial charge >= 0.3 is 11.7 Å². The number of methoxy groups -OCH3 is 1. The summed E-state index contributed by atoms with van der Waals surface area (Å²) in [7, 11) is 1.27. The van der Waals surface area contributed by atoms with Crippen molar-refractivity contribution in [1.29, 1.82) is 0 Å². The van der Waals surface area contributed by atoms with E-state index in [2.05, 4.69) is 25.7 Å². The van der Waals surface area contributed by atoms with Gasteiger partial charge in [-0.25, -0.2) is 9.78 Å². The molecule has 20 heavy (non-hydrogen) atoms. The lowest BCUT2D eigenvalue weighted by atomic mass is 10.2. The smallest absolute Gasteiger partial charge is 0.336 e. The minimum Gasteiger partial charge on any atom is -0.467 e. The van der Waals surface area contributed by atoms with Crippen molar-refractivity contribution in [1.82, 2.24) is 4.98 Å². The predicted molar refractivity (Wildman–Crippen MR) is 72.6 cm³/mol. The van der Waals surface area contributed by atoms with Crippen molar-refractivity contribution >= 4 is 33.4 Å². The molecule has 8 nitrogen and oxygen atoms in total. The molecule has 1 saturated heterocycles. The van der Waals surface area contributed by atoms with Crippen LogP contribution in [0.1, 0.15) is 0 Å². The summed E-state index contributed by atoms with van der Waals surface area (Å²) in [6.07, 6.45) is 0.712. The highest BCUT2D eigenvalue weighted by Gasteiger charge is 2.31. The minimum absolute atomic E-state index is 0.120. The fourth-order valence-electron chi connectivity index (χ4n) is 1.92. The first kappa shape index (κ1) is 14.7. The van der Waals surface area contributed by atoms with Gasteiger partial charge in [-0.2, -0.15) is 0 Å². The molecular weight excluding hydrogens is 334 g/mol. The van der Waals surface area contributed by atoms with Crippen LogP contribution in [0.4, 0.5) is 11.5 Å². The fourth-order valence-corrected chi connectivity index (χ4v) is 2.23. The maximum absolute atomic E-state index is 11.5. The molecule has 2 heterocycles. The molecular formula is C11H12BrN3O5. The summed E-state index contributed by atoms with van der Waals surface area (Å²) in [6.45, 7) is 0.861. The van der Waals surface area contributed by atoms with Crippen LogP contribution >= 0.6 is 15.9 Å². The molecule has 0 bridgehead atoms. The standard InChI is InChI=1S/C11H12BrN3O5/c1-19-11(16)9-6-14(2-3-20-9)10-8(15(17)18)4-7(12)5-13-10/h4-5,9H,2-3,6H2,1H3. The first-order valence-electron chi connectivity index (χ1n) is 5.77. The Hall–Kier alpha value is -1.74. The van der Waals surface area contributed by atoms with E-state index in [-0.39, 0.29) is 24.7 Å². The van der Waals surface area contributed by atoms with Gasteiger partial charge in [0.05, 0.1) is 25.2 Å². The lowest BCUT2D eigenvalue weighted by molar-refractivity contribution is -0.384. The van der Waals surface area contributed by atoms with Gasteiger partial charge in [-0.15, -0.1) is 0 Å². The van der Waals surface area contributed by atoms with Gasteiger partial charge in [-0.05, 0) is 15.9 Å². The van der Waals surface area contributed by atoms with Crippen LogP contribution in [-0.2, 0) is 14.3 Å². The summed E-state index contributed by atoms with van der Waals surface area (Å²) >= 11 is 3.15. The first-order valence-corrected chi connectivity index (χ1v) is 6.56. The average molecular weight is 346 g/mol. The molecule has 1 atom stereocenters. The van der Waals surface area contributed by atoms with Crippen LogP contribution in [0.3, 0.4) is 0 Å². The summed E-state index contributed by atoms with van der Waals surface area (Å²) in [5.74, 6) is -0.287. The minimum atomic E-state index is -0.765. The van der Waals surface area contributed by atoms with Crippen LogP contribution in [0.5, 0.6) is 0 Å². The molecule has 0 N–H and O–H groups in total. The average Bonchev–Trinajstić information content (AvgIpc) is 2.46. The molecule has 1 unspecified atom stereocenters. The molecule has 1 fully saturated rings. The fraction of sp³-hybridized carbons (Fsp3) is 0.455. The third-order valence-electron chi connectivity index (χ3n) is 2.84. The number of hydrogen-bond acceptors (Lipinski definition) is 7. The van der Waals surface area contributed by atoms with E-state index in [1.807, 2.05) is 0 Å². The largest absolute Gasteiger partial charge is 0.467 e. The van der Waals surface area contributed by atoms with E-state index in [4.69, 9.17) is 4.74 Å². The molecule has 1 aliphatic rings. The predicted octanol–water partition coefficient (Wildman–Crippen LogP) is 1.13. The normalized spacial score (nSPS) is 18.7. The summed E-state index contributed by atoms with van der Waals surface area (Å²) < 4.78 is 10.4. The van der Waals surface area contributed by atoms with Gasteiger partial charge in [0.25, 0.3) is 0 Å². The third kappa shape index (κ3) is 3.05. The Labute approximate surface area is 123 Å². The second-order valence-electron chi connectivity index (χ2n) is 4.08. The molecule has 1 aromatic heterocycles. The number of anilines is 1. The Balaban J connectivity index is 2.27. The van der Waals surface area contributed by atoms with E-state index in [0.29, 0.717) is 11.0 Å². The highest BCUT2D eigenvalue weighted by Crippen LogP contribution is 2.29. The number of nitrogens with zero attached hydrogens (tertiary/aromatic N) is 3. The van der Waals surface area contributed by atoms with Crippen LogP contribution < -0.4 is 4.90 Å². The Morgan fingerprint density at radius 1 is 1.70 bits per heavy atom. The van der Waals surface area contributed by atoms with E-state index in [9.17, 15) is 14.9 Å². The summed E-state index contributed by atoms with van der Waals surface area (Å²) in [5.41, 5.74) is -0.120. The van der Waals surface area contributed by atoms with E-state index in [1.54, 1.807) is 4.90 Å². The number of carbonyl (C=O) groups is 1. The highest BCUT2D eigenvalue weighted by molar-refractivity contribution is 9.10. The van der Waals surface area contributed by atoms with Crippen LogP contribution in [0.25, 0.3) is 0 Å². The number of aromatic nitrogens is 1. The molecule has 108 valence electrons. The van der Waals surface area contributed by atoms with Crippen molar-refractivity contribution in [3.8, 4) is 0 Å². The Bertz CT molecular complexity index is 539. The number of esters is 1. The molecule has 9 heteroatoms. The van der Waals surface area contributed by atoms with Gasteiger partial charge in [0, 0.05) is 23.3 Å². The van der Waals surface area contributed by atoms with Crippen molar-refractivity contribution in [3.05, 3.63) is 26.9 Å². The van der Waals surface area contributed by atoms with Crippen LogP contribution in [0.2, 0.25) is 0 Å². The van der Waals surface area contributed by atoms with Crippen molar-refractivity contribution in [2.45, 2.75) is 6.10 Å². The first-order chi connectivity index (χ1) is 9.52. The molecule has 1 aliphatic heterocycles. The van der Waals surface area contributed by atoms with E-state index in [1.165, 1.54) is 19.4 Å². The Morgan fingerprint density at radius 3 is 3.10 bits per heavy atom. The zero-order valence-corrected chi connectivity index (χ0v) is 12.2. The van der Waals surface area contributed by atoms with Crippen LogP contribution in [0, 0.1) is 10.1 Å². The van der Waals surface area contributed by atoms with Crippen molar-refractivity contribution in [3.63, 3.8) is 0 Å². The van der Waals surface area contributed by atoms with Crippen LogP contribution in [0.15, 0.2) is 16.7 Å². The summed E-state index contributed by atoms with van der Waals surface area (Å²) in [6, 6.07) is 1.38. The van der Waals surface area contributed by atoms with Crippen molar-refractivity contribution in [2.75, 3.05) is 31.7 Å². The molecule has 2 rings (SSSR count). The topological polar surface area (TPSA) is 94.8 Å². The third-order valence-corrected chi connectivity index (χ3v) is 3.27. The Morgan fingerprint density at radius 2 is 2.45 bits per heavy atom. The molecule has 0 radical (unpaired) electrons. The second kappa shape index (κ2) is 6.14. The van der Waals surface area contributed by atoms with Crippen LogP contribution in [-0.4, -0.2) is 48.8 Å². The monoisotopic (exact) mass is 345 g/mol.